The first-order valence-electron chi connectivity index (χ1n) is 18.7. The number of carbonyl (C=O) groups excluding carboxylic acids is 4. The molecule has 0 radical (unpaired) electrons. The van der Waals surface area contributed by atoms with Gasteiger partial charge in [-0.15, -0.1) is 13.2 Å². The quantitative estimate of drug-likeness (QED) is 0.116. The van der Waals surface area contributed by atoms with Crippen molar-refractivity contribution in [3.05, 3.63) is 61.2 Å². The molecular formula is C41H61N3O7. The highest BCUT2D eigenvalue weighted by atomic mass is 16.6. The minimum absolute atomic E-state index is 0.0473. The van der Waals surface area contributed by atoms with E-state index in [4.69, 9.17) is 9.47 Å². The summed E-state index contributed by atoms with van der Waals surface area (Å²) >= 11 is 0. The van der Waals surface area contributed by atoms with E-state index in [9.17, 15) is 24.3 Å². The van der Waals surface area contributed by atoms with Crippen LogP contribution in [-0.2, 0) is 28.7 Å². The number of benzene rings is 1. The summed E-state index contributed by atoms with van der Waals surface area (Å²) in [6.07, 6.45) is 6.46. The summed E-state index contributed by atoms with van der Waals surface area (Å²) in [6.45, 7) is 20.7. The fourth-order valence-electron chi connectivity index (χ4n) is 8.94. The Morgan fingerprint density at radius 2 is 1.78 bits per heavy atom. The number of aliphatic hydroxyl groups is 1. The first kappa shape index (κ1) is 40.3. The molecule has 0 aromatic heterocycles. The third-order valence-corrected chi connectivity index (χ3v) is 11.0. The SMILES string of the molecule is C=CCCC(=O)N(C)[C@H](C)[C@H](OC(=O)[C@@H]1[C@H]2C(=O)N(CCCCCO)[C@H](C(=O)N(CC=C)C(C)(C)CC(C)(C)C)[C@]23CC[C@H]1O3)c1ccccc1. The highest BCUT2D eigenvalue weighted by Gasteiger charge is 2.75. The number of hydrogen-bond acceptors (Lipinski definition) is 7. The van der Waals surface area contributed by atoms with Gasteiger partial charge in [0.05, 0.1) is 24.0 Å². The molecule has 4 rings (SSSR count). The molecule has 3 saturated heterocycles. The average molecular weight is 708 g/mol. The lowest BCUT2D eigenvalue weighted by Gasteiger charge is -2.45. The van der Waals surface area contributed by atoms with Crippen molar-refractivity contribution in [1.82, 2.24) is 14.7 Å². The van der Waals surface area contributed by atoms with Gasteiger partial charge in [-0.2, -0.15) is 0 Å². The predicted molar refractivity (Wildman–Crippen MR) is 197 cm³/mol. The average Bonchev–Trinajstić information content (AvgIpc) is 3.72. The van der Waals surface area contributed by atoms with Crippen molar-refractivity contribution in [2.75, 3.05) is 26.7 Å². The predicted octanol–water partition coefficient (Wildman–Crippen LogP) is 5.85. The molecule has 1 N–H and O–H groups in total. The monoisotopic (exact) mass is 707 g/mol. The van der Waals surface area contributed by atoms with Gasteiger partial charge >= 0.3 is 5.97 Å². The van der Waals surface area contributed by atoms with Crippen LogP contribution >= 0.6 is 0 Å². The number of likely N-dealkylation sites (N-methyl/N-ethyl adjacent to an activating group) is 1. The fourth-order valence-corrected chi connectivity index (χ4v) is 8.94. The third kappa shape index (κ3) is 8.43. The van der Waals surface area contributed by atoms with Gasteiger partial charge in [-0.05, 0) is 76.7 Å². The van der Waals surface area contributed by atoms with E-state index in [1.54, 1.807) is 29.0 Å². The number of aliphatic hydroxyl groups excluding tert-OH is 1. The van der Waals surface area contributed by atoms with Crippen molar-refractivity contribution in [2.24, 2.45) is 17.3 Å². The number of nitrogens with zero attached hydrogens (tertiary/aromatic N) is 3. The number of ether oxygens (including phenoxy) is 2. The van der Waals surface area contributed by atoms with Gasteiger partial charge in [0, 0.05) is 38.7 Å². The highest BCUT2D eigenvalue weighted by Crippen LogP contribution is 2.59. The second kappa shape index (κ2) is 16.4. The van der Waals surface area contributed by atoms with Gasteiger partial charge in [-0.3, -0.25) is 19.2 Å². The molecule has 3 aliphatic rings. The van der Waals surface area contributed by atoms with Gasteiger partial charge in [0.15, 0.2) is 0 Å². The number of amides is 3. The Kier molecular flexibility index (Phi) is 13.0. The number of unbranched alkanes of at least 4 members (excludes halogenated alkanes) is 2. The van der Waals surface area contributed by atoms with Crippen LogP contribution in [0.1, 0.15) is 105 Å². The molecule has 1 aromatic carbocycles. The van der Waals surface area contributed by atoms with Gasteiger partial charge < -0.3 is 29.3 Å². The van der Waals surface area contributed by atoms with Gasteiger partial charge in [0.25, 0.3) is 0 Å². The zero-order valence-corrected chi connectivity index (χ0v) is 31.9. The third-order valence-electron chi connectivity index (χ3n) is 11.0. The highest BCUT2D eigenvalue weighted by molar-refractivity contribution is 5.98. The second-order valence-electron chi connectivity index (χ2n) is 16.5. The van der Waals surface area contributed by atoms with Crippen LogP contribution in [0.25, 0.3) is 0 Å². The van der Waals surface area contributed by atoms with E-state index in [-0.39, 0.29) is 36.2 Å². The molecule has 0 unspecified atom stereocenters. The largest absolute Gasteiger partial charge is 0.455 e. The number of rotatable bonds is 18. The van der Waals surface area contributed by atoms with Gasteiger partial charge in [-0.25, -0.2) is 0 Å². The van der Waals surface area contributed by atoms with Crippen LogP contribution in [0.15, 0.2) is 55.6 Å². The van der Waals surface area contributed by atoms with Crippen molar-refractivity contribution in [3.8, 4) is 0 Å². The van der Waals surface area contributed by atoms with Crippen LogP contribution < -0.4 is 0 Å². The first-order chi connectivity index (χ1) is 24.0. The number of hydrogen-bond donors (Lipinski definition) is 1. The lowest BCUT2D eigenvalue weighted by molar-refractivity contribution is -0.164. The van der Waals surface area contributed by atoms with Crippen LogP contribution in [0.4, 0.5) is 0 Å². The van der Waals surface area contributed by atoms with Crippen LogP contribution in [0.2, 0.25) is 0 Å². The topological polar surface area (TPSA) is 117 Å². The Hall–Kier alpha value is -3.50. The van der Waals surface area contributed by atoms with E-state index in [0.717, 1.165) is 12.0 Å². The number of esters is 1. The van der Waals surface area contributed by atoms with Crippen molar-refractivity contribution in [1.29, 1.82) is 0 Å². The standard InChI is InChI=1S/C41H61N3O7/c1-10-12-21-31(46)42(9)28(3)34(29-19-15-13-16-20-29)50-38(49)32-30-22-23-41(51-30)33(32)36(47)43(25-17-14-18-26-45)35(41)37(48)44(24-11-2)40(7,8)27-39(4,5)6/h10-11,13,15-16,19-20,28,30,32-35,45H,1-2,12,14,17-18,21-27H2,3-9H3/t28-,30-,32+,33+,34+,35-,41+/m1/s1. The molecule has 2 bridgehead atoms. The molecule has 282 valence electrons. The molecule has 3 heterocycles. The minimum atomic E-state index is -1.18. The van der Waals surface area contributed by atoms with Crippen LogP contribution in [0, 0.1) is 17.3 Å². The zero-order chi connectivity index (χ0) is 37.7. The Bertz CT molecular complexity index is 1420. The number of fused-ring (bicyclic) bond motifs is 1. The summed E-state index contributed by atoms with van der Waals surface area (Å²) in [7, 11) is 1.71. The summed E-state index contributed by atoms with van der Waals surface area (Å²) in [5, 5.41) is 9.42. The first-order valence-corrected chi connectivity index (χ1v) is 18.7. The number of carbonyl (C=O) groups is 4. The van der Waals surface area contributed by atoms with Crippen LogP contribution in [-0.4, -0.2) is 99.6 Å². The zero-order valence-electron chi connectivity index (χ0n) is 31.9. The molecular weight excluding hydrogens is 646 g/mol. The van der Waals surface area contributed by atoms with Crippen LogP contribution in [0.5, 0.6) is 0 Å². The Labute approximate surface area is 305 Å². The molecule has 3 fully saturated rings. The van der Waals surface area contributed by atoms with E-state index >= 15 is 0 Å². The molecule has 1 spiro atoms. The molecule has 0 aliphatic carbocycles. The summed E-state index contributed by atoms with van der Waals surface area (Å²) in [6, 6.07) is 7.92. The van der Waals surface area contributed by atoms with E-state index in [0.29, 0.717) is 51.6 Å². The van der Waals surface area contributed by atoms with E-state index in [1.165, 1.54) is 0 Å². The Morgan fingerprint density at radius 1 is 1.10 bits per heavy atom. The van der Waals surface area contributed by atoms with Crippen molar-refractivity contribution < 1.29 is 33.8 Å². The maximum Gasteiger partial charge on any atom is 0.313 e. The van der Waals surface area contributed by atoms with Crippen LogP contribution in [0.3, 0.4) is 0 Å². The van der Waals surface area contributed by atoms with Crippen molar-refractivity contribution in [3.63, 3.8) is 0 Å². The molecule has 3 amide bonds. The lowest BCUT2D eigenvalue weighted by atomic mass is 9.70. The summed E-state index contributed by atoms with van der Waals surface area (Å²) in [5.74, 6) is -2.91. The van der Waals surface area contributed by atoms with Gasteiger partial charge in [0.1, 0.15) is 17.7 Å². The molecule has 10 nitrogen and oxygen atoms in total. The van der Waals surface area contributed by atoms with Gasteiger partial charge in [-0.1, -0.05) is 63.3 Å². The summed E-state index contributed by atoms with van der Waals surface area (Å²) in [4.78, 5) is 62.2. The normalized spacial score (nSPS) is 25.3. The Balaban J connectivity index is 1.71. The molecule has 1 aromatic rings. The van der Waals surface area contributed by atoms with E-state index < -0.39 is 53.2 Å². The fraction of sp³-hybridized carbons (Fsp3) is 0.659. The maximum atomic E-state index is 15.0. The molecule has 0 saturated carbocycles. The Morgan fingerprint density at radius 3 is 2.39 bits per heavy atom. The van der Waals surface area contributed by atoms with Gasteiger partial charge in [0.2, 0.25) is 17.7 Å². The molecule has 51 heavy (non-hydrogen) atoms. The maximum absolute atomic E-state index is 15.0. The molecule has 10 heteroatoms. The van der Waals surface area contributed by atoms with E-state index in [2.05, 4.69) is 33.9 Å². The van der Waals surface area contributed by atoms with E-state index in [1.807, 2.05) is 56.0 Å². The number of likely N-dealkylation sites (tertiary alicyclic amines) is 1. The molecule has 3 aliphatic heterocycles. The lowest BCUT2D eigenvalue weighted by Crippen LogP contribution is -2.61. The summed E-state index contributed by atoms with van der Waals surface area (Å²) in [5.41, 5.74) is -1.08. The smallest absolute Gasteiger partial charge is 0.313 e. The minimum Gasteiger partial charge on any atom is -0.455 e. The molecule has 7 atom stereocenters. The van der Waals surface area contributed by atoms with Crippen molar-refractivity contribution >= 4 is 23.7 Å². The van der Waals surface area contributed by atoms with Crippen molar-refractivity contribution in [2.45, 2.75) is 128 Å². The second-order valence-corrected chi connectivity index (χ2v) is 16.5. The summed E-state index contributed by atoms with van der Waals surface area (Å²) < 4.78 is 13.1. The number of allylic oxidation sites excluding steroid dienone is 1.